The number of thiocarbonyl (C=S) groups is 1. The number of hydrogen-bond donors (Lipinski definition) is 2. The first kappa shape index (κ1) is 14.8. The van der Waals surface area contributed by atoms with Crippen molar-refractivity contribution in [3.05, 3.63) is 17.5 Å². The third-order valence-corrected chi connectivity index (χ3v) is 2.30. The summed E-state index contributed by atoms with van der Waals surface area (Å²) in [6.45, 7) is 8.15. The number of hydrogen-bond acceptors (Lipinski definition) is 5. The molecule has 0 atom stereocenters. The maximum atomic E-state index is 5.55. The number of anilines is 1. The second kappa shape index (κ2) is 7.23. The van der Waals surface area contributed by atoms with Crippen molar-refractivity contribution in [2.24, 2.45) is 11.7 Å². The van der Waals surface area contributed by atoms with Gasteiger partial charge in [0.1, 0.15) is 10.7 Å². The summed E-state index contributed by atoms with van der Waals surface area (Å²) < 4.78 is 5.46. The fourth-order valence-electron chi connectivity index (χ4n) is 1.33. The molecule has 0 unspecified atom stereocenters. The lowest BCUT2D eigenvalue weighted by atomic mass is 10.2. The van der Waals surface area contributed by atoms with E-state index < -0.39 is 0 Å². The first-order valence-corrected chi connectivity index (χ1v) is 6.37. The minimum atomic E-state index is 0.277. The van der Waals surface area contributed by atoms with Crippen molar-refractivity contribution in [1.29, 1.82) is 0 Å². The van der Waals surface area contributed by atoms with Gasteiger partial charge in [0.15, 0.2) is 0 Å². The Morgan fingerprint density at radius 2 is 2.22 bits per heavy atom. The number of rotatable bonds is 7. The summed E-state index contributed by atoms with van der Waals surface area (Å²) in [5.74, 6) is 1.08. The number of aryl methyl sites for hydroxylation is 1. The van der Waals surface area contributed by atoms with E-state index in [9.17, 15) is 0 Å². The Balaban J connectivity index is 2.44. The molecule has 0 bridgehead atoms. The van der Waals surface area contributed by atoms with Crippen molar-refractivity contribution in [2.45, 2.75) is 20.8 Å². The molecule has 18 heavy (non-hydrogen) atoms. The molecule has 100 valence electrons. The first-order valence-electron chi connectivity index (χ1n) is 5.96. The average molecular weight is 268 g/mol. The maximum Gasteiger partial charge on any atom is 0.223 e. The summed E-state index contributed by atoms with van der Waals surface area (Å²) in [5, 5.41) is 3.09. The van der Waals surface area contributed by atoms with E-state index in [1.807, 2.05) is 6.92 Å². The molecule has 6 heteroatoms. The average Bonchev–Trinajstić information content (AvgIpc) is 2.27. The zero-order valence-electron chi connectivity index (χ0n) is 11.1. The van der Waals surface area contributed by atoms with Gasteiger partial charge in [-0.25, -0.2) is 9.97 Å². The quantitative estimate of drug-likeness (QED) is 0.577. The highest BCUT2D eigenvalue weighted by Crippen LogP contribution is 2.04. The molecule has 0 saturated heterocycles. The number of nitrogens with zero attached hydrogens (tertiary/aromatic N) is 2. The molecule has 1 rings (SSSR count). The fourth-order valence-corrected chi connectivity index (χ4v) is 1.43. The van der Waals surface area contributed by atoms with E-state index in [4.69, 9.17) is 22.7 Å². The van der Waals surface area contributed by atoms with E-state index in [0.29, 0.717) is 30.7 Å². The third kappa shape index (κ3) is 5.37. The largest absolute Gasteiger partial charge is 0.388 e. The molecule has 1 heterocycles. The van der Waals surface area contributed by atoms with Crippen molar-refractivity contribution >= 4 is 23.2 Å². The van der Waals surface area contributed by atoms with Crippen LogP contribution in [-0.4, -0.2) is 34.7 Å². The Morgan fingerprint density at radius 3 is 2.83 bits per heavy atom. The Bertz CT molecular complexity index is 409. The monoisotopic (exact) mass is 268 g/mol. The van der Waals surface area contributed by atoms with Gasteiger partial charge in [0.05, 0.1) is 6.61 Å². The number of ether oxygens (including phenoxy) is 1. The van der Waals surface area contributed by atoms with Crippen LogP contribution in [0.1, 0.15) is 25.2 Å². The molecule has 1 aromatic rings. The van der Waals surface area contributed by atoms with E-state index in [0.717, 1.165) is 12.3 Å². The third-order valence-electron chi connectivity index (χ3n) is 2.09. The van der Waals surface area contributed by atoms with E-state index >= 15 is 0 Å². The second-order valence-corrected chi connectivity index (χ2v) is 4.92. The Hall–Kier alpha value is -1.27. The van der Waals surface area contributed by atoms with Crippen LogP contribution in [-0.2, 0) is 4.74 Å². The van der Waals surface area contributed by atoms with Crippen molar-refractivity contribution in [1.82, 2.24) is 9.97 Å². The molecular formula is C12H20N4OS. The van der Waals surface area contributed by atoms with Gasteiger partial charge >= 0.3 is 0 Å². The Morgan fingerprint density at radius 1 is 1.50 bits per heavy atom. The van der Waals surface area contributed by atoms with Crippen LogP contribution >= 0.6 is 12.2 Å². The smallest absolute Gasteiger partial charge is 0.223 e. The molecule has 1 aromatic heterocycles. The van der Waals surface area contributed by atoms with Gasteiger partial charge in [0, 0.05) is 18.8 Å². The molecule has 0 saturated carbocycles. The minimum absolute atomic E-state index is 0.277. The summed E-state index contributed by atoms with van der Waals surface area (Å²) in [7, 11) is 0. The Labute approximate surface area is 113 Å². The van der Waals surface area contributed by atoms with Gasteiger partial charge in [-0.05, 0) is 18.9 Å². The van der Waals surface area contributed by atoms with Gasteiger partial charge in [0.25, 0.3) is 0 Å². The van der Waals surface area contributed by atoms with Gasteiger partial charge in [-0.2, -0.15) is 0 Å². The zero-order chi connectivity index (χ0) is 13.5. The summed E-state index contributed by atoms with van der Waals surface area (Å²) in [6.07, 6.45) is 0. The van der Waals surface area contributed by atoms with Crippen molar-refractivity contribution in [3.63, 3.8) is 0 Å². The topological polar surface area (TPSA) is 73.1 Å². The van der Waals surface area contributed by atoms with Crippen molar-refractivity contribution in [3.8, 4) is 0 Å². The number of aromatic nitrogens is 2. The zero-order valence-corrected chi connectivity index (χ0v) is 11.9. The van der Waals surface area contributed by atoms with Crippen LogP contribution in [0.5, 0.6) is 0 Å². The lowest BCUT2D eigenvalue weighted by Gasteiger charge is -2.09. The first-order chi connectivity index (χ1) is 8.49. The summed E-state index contributed by atoms with van der Waals surface area (Å²) in [5.41, 5.74) is 6.97. The van der Waals surface area contributed by atoms with E-state index in [1.54, 1.807) is 6.07 Å². The normalized spacial score (nSPS) is 10.7. The lowest BCUT2D eigenvalue weighted by Crippen LogP contribution is -2.17. The van der Waals surface area contributed by atoms with Crippen LogP contribution in [0.25, 0.3) is 0 Å². The molecule has 0 aliphatic carbocycles. The van der Waals surface area contributed by atoms with Crippen LogP contribution in [0.3, 0.4) is 0 Å². The van der Waals surface area contributed by atoms with Gasteiger partial charge in [-0.3, -0.25) is 0 Å². The highest BCUT2D eigenvalue weighted by Gasteiger charge is 2.04. The van der Waals surface area contributed by atoms with Gasteiger partial charge in [-0.1, -0.05) is 26.1 Å². The molecule has 0 aliphatic rings. The van der Waals surface area contributed by atoms with Crippen molar-refractivity contribution in [2.75, 3.05) is 25.1 Å². The molecule has 5 nitrogen and oxygen atoms in total. The number of nitrogens with one attached hydrogen (secondary N) is 1. The molecule has 0 aliphatic heterocycles. The SMILES string of the molecule is Cc1cc(C(N)=S)nc(NCCOCC(C)C)n1. The predicted molar refractivity (Wildman–Crippen MR) is 76.8 cm³/mol. The van der Waals surface area contributed by atoms with Crippen LogP contribution in [0.2, 0.25) is 0 Å². The highest BCUT2D eigenvalue weighted by molar-refractivity contribution is 7.80. The number of nitrogens with two attached hydrogens (primary N) is 1. The van der Waals surface area contributed by atoms with Crippen LogP contribution in [0, 0.1) is 12.8 Å². The molecule has 0 radical (unpaired) electrons. The summed E-state index contributed by atoms with van der Waals surface area (Å²) in [4.78, 5) is 8.76. The van der Waals surface area contributed by atoms with Crippen LogP contribution in [0.15, 0.2) is 6.07 Å². The van der Waals surface area contributed by atoms with Gasteiger partial charge in [-0.15, -0.1) is 0 Å². The van der Waals surface area contributed by atoms with E-state index in [1.165, 1.54) is 0 Å². The van der Waals surface area contributed by atoms with Crippen LogP contribution in [0.4, 0.5) is 5.95 Å². The maximum absolute atomic E-state index is 5.55. The summed E-state index contributed by atoms with van der Waals surface area (Å²) in [6, 6.07) is 1.77. The molecule has 0 amide bonds. The molecule has 0 spiro atoms. The molecular weight excluding hydrogens is 248 g/mol. The van der Waals surface area contributed by atoms with Gasteiger partial charge in [0.2, 0.25) is 5.95 Å². The highest BCUT2D eigenvalue weighted by atomic mass is 32.1. The van der Waals surface area contributed by atoms with E-state index in [-0.39, 0.29) is 4.99 Å². The fraction of sp³-hybridized carbons (Fsp3) is 0.583. The Kier molecular flexibility index (Phi) is 5.94. The van der Waals surface area contributed by atoms with E-state index in [2.05, 4.69) is 29.1 Å². The molecule has 0 aromatic carbocycles. The lowest BCUT2D eigenvalue weighted by molar-refractivity contribution is 0.118. The minimum Gasteiger partial charge on any atom is -0.388 e. The second-order valence-electron chi connectivity index (χ2n) is 4.48. The van der Waals surface area contributed by atoms with Crippen molar-refractivity contribution < 1.29 is 4.74 Å². The summed E-state index contributed by atoms with van der Waals surface area (Å²) >= 11 is 4.90. The predicted octanol–water partition coefficient (Wildman–Crippen LogP) is 1.50. The van der Waals surface area contributed by atoms with Crippen LogP contribution < -0.4 is 11.1 Å². The molecule has 3 N–H and O–H groups in total. The van der Waals surface area contributed by atoms with Gasteiger partial charge < -0.3 is 15.8 Å². The molecule has 0 fully saturated rings. The standard InChI is InChI=1S/C12H20N4OS/c1-8(2)7-17-5-4-14-12-15-9(3)6-10(16-12)11(13)18/h6,8H,4-5,7H2,1-3H3,(H2,13,18)(H,14,15,16).